The number of hydrogen-bond donors (Lipinski definition) is 3. The van der Waals surface area contributed by atoms with Crippen LogP contribution in [0.25, 0.3) is 0 Å². The maximum atomic E-state index is 11.3. The fraction of sp³-hybridized carbons (Fsp3) is 0.909. The molecule has 0 aromatic heterocycles. The van der Waals surface area contributed by atoms with Crippen molar-refractivity contribution in [3.63, 3.8) is 0 Å². The van der Waals surface area contributed by atoms with Crippen LogP contribution in [0.4, 0.5) is 0 Å². The van der Waals surface area contributed by atoms with E-state index in [9.17, 15) is 9.90 Å². The van der Waals surface area contributed by atoms with Crippen LogP contribution in [-0.2, 0) is 4.79 Å². The fourth-order valence-electron chi connectivity index (χ4n) is 1.33. The van der Waals surface area contributed by atoms with Gasteiger partial charge in [0.05, 0.1) is 12.6 Å². The van der Waals surface area contributed by atoms with Gasteiger partial charge in [-0.1, -0.05) is 20.3 Å². The third kappa shape index (κ3) is 8.39. The summed E-state index contributed by atoms with van der Waals surface area (Å²) in [6, 6.07) is 0.236. The van der Waals surface area contributed by atoms with E-state index in [-0.39, 0.29) is 24.6 Å². The first-order chi connectivity index (χ1) is 7.10. The van der Waals surface area contributed by atoms with Crippen LogP contribution in [0.5, 0.6) is 0 Å². The predicted octanol–water partition coefficient (Wildman–Crippen LogP) is 0.652. The van der Waals surface area contributed by atoms with E-state index in [1.54, 1.807) is 0 Å². The van der Waals surface area contributed by atoms with Gasteiger partial charge >= 0.3 is 0 Å². The van der Waals surface area contributed by atoms with Gasteiger partial charge < -0.3 is 15.7 Å². The molecule has 15 heavy (non-hydrogen) atoms. The van der Waals surface area contributed by atoms with Gasteiger partial charge in [-0.25, -0.2) is 0 Å². The third-order valence-corrected chi connectivity index (χ3v) is 2.27. The number of aliphatic hydroxyl groups excluding tert-OH is 1. The Labute approximate surface area is 92.4 Å². The lowest BCUT2D eigenvalue weighted by atomic mass is 10.2. The summed E-state index contributed by atoms with van der Waals surface area (Å²) in [5.41, 5.74) is 0. The quantitative estimate of drug-likeness (QED) is 0.558. The largest absolute Gasteiger partial charge is 0.392 e. The Bertz CT molecular complexity index is 174. The standard InChI is InChI=1S/C11H24N2O2/c1-4-6-9(3)13-11(15)8-12-7-10(14)5-2/h9-10,12,14H,4-8H2,1-3H3,(H,13,15). The van der Waals surface area contributed by atoms with E-state index in [0.29, 0.717) is 13.0 Å². The van der Waals surface area contributed by atoms with Crippen molar-refractivity contribution < 1.29 is 9.90 Å². The number of nitrogens with one attached hydrogen (secondary N) is 2. The van der Waals surface area contributed by atoms with Crippen molar-refractivity contribution in [3.05, 3.63) is 0 Å². The molecule has 0 heterocycles. The van der Waals surface area contributed by atoms with Gasteiger partial charge in [-0.05, 0) is 19.8 Å². The number of rotatable bonds is 8. The number of carbonyl (C=O) groups excluding carboxylic acids is 1. The van der Waals surface area contributed by atoms with Crippen molar-refractivity contribution in [3.8, 4) is 0 Å². The van der Waals surface area contributed by atoms with Crippen LogP contribution in [-0.4, -0.2) is 36.2 Å². The van der Waals surface area contributed by atoms with Crippen molar-refractivity contribution >= 4 is 5.91 Å². The Balaban J connectivity index is 3.48. The molecule has 2 atom stereocenters. The molecule has 2 unspecified atom stereocenters. The molecule has 0 radical (unpaired) electrons. The molecule has 0 aliphatic carbocycles. The minimum atomic E-state index is -0.356. The number of aliphatic hydroxyl groups is 1. The molecule has 0 bridgehead atoms. The first-order valence-electron chi connectivity index (χ1n) is 5.78. The minimum absolute atomic E-state index is 0.000692. The summed E-state index contributed by atoms with van der Waals surface area (Å²) < 4.78 is 0. The highest BCUT2D eigenvalue weighted by atomic mass is 16.3. The Morgan fingerprint density at radius 1 is 1.40 bits per heavy atom. The zero-order chi connectivity index (χ0) is 11.7. The molecule has 0 spiro atoms. The lowest BCUT2D eigenvalue weighted by Crippen LogP contribution is -2.40. The van der Waals surface area contributed by atoms with E-state index in [1.165, 1.54) is 0 Å². The van der Waals surface area contributed by atoms with E-state index in [2.05, 4.69) is 17.6 Å². The lowest BCUT2D eigenvalue weighted by Gasteiger charge is -2.14. The topological polar surface area (TPSA) is 61.4 Å². The molecule has 0 aliphatic rings. The maximum absolute atomic E-state index is 11.3. The molecule has 0 saturated heterocycles. The maximum Gasteiger partial charge on any atom is 0.234 e. The van der Waals surface area contributed by atoms with E-state index in [4.69, 9.17) is 0 Å². The third-order valence-electron chi connectivity index (χ3n) is 2.27. The number of amides is 1. The van der Waals surface area contributed by atoms with Gasteiger partial charge in [0.25, 0.3) is 0 Å². The SMILES string of the molecule is CCCC(C)NC(=O)CNCC(O)CC. The summed E-state index contributed by atoms with van der Waals surface area (Å²) in [4.78, 5) is 11.3. The zero-order valence-corrected chi connectivity index (χ0v) is 10.0. The van der Waals surface area contributed by atoms with Crippen molar-refractivity contribution in [2.75, 3.05) is 13.1 Å². The lowest BCUT2D eigenvalue weighted by molar-refractivity contribution is -0.120. The van der Waals surface area contributed by atoms with Crippen LogP contribution in [0.15, 0.2) is 0 Å². The average molecular weight is 216 g/mol. The van der Waals surface area contributed by atoms with Gasteiger partial charge in [0.15, 0.2) is 0 Å². The molecule has 3 N–H and O–H groups in total. The molecule has 0 aromatic carbocycles. The highest BCUT2D eigenvalue weighted by molar-refractivity contribution is 5.78. The van der Waals surface area contributed by atoms with Crippen LogP contribution in [0.1, 0.15) is 40.0 Å². The summed E-state index contributed by atoms with van der Waals surface area (Å²) in [6.45, 7) is 6.77. The summed E-state index contributed by atoms with van der Waals surface area (Å²) >= 11 is 0. The van der Waals surface area contributed by atoms with Gasteiger partial charge in [0, 0.05) is 12.6 Å². The minimum Gasteiger partial charge on any atom is -0.392 e. The molecule has 0 rings (SSSR count). The Morgan fingerprint density at radius 3 is 2.60 bits per heavy atom. The van der Waals surface area contributed by atoms with Crippen molar-refractivity contribution in [1.82, 2.24) is 10.6 Å². The molecule has 4 nitrogen and oxygen atoms in total. The van der Waals surface area contributed by atoms with Gasteiger partial charge in [-0.3, -0.25) is 4.79 Å². The number of carbonyl (C=O) groups is 1. The molecule has 0 aliphatic heterocycles. The Hall–Kier alpha value is -0.610. The van der Waals surface area contributed by atoms with E-state index in [1.807, 2.05) is 13.8 Å². The second-order valence-corrected chi connectivity index (χ2v) is 3.95. The van der Waals surface area contributed by atoms with Gasteiger partial charge in [0.1, 0.15) is 0 Å². The second-order valence-electron chi connectivity index (χ2n) is 3.95. The molecule has 1 amide bonds. The monoisotopic (exact) mass is 216 g/mol. The Morgan fingerprint density at radius 2 is 2.07 bits per heavy atom. The van der Waals surface area contributed by atoms with Crippen LogP contribution in [0.2, 0.25) is 0 Å². The van der Waals surface area contributed by atoms with Crippen molar-refractivity contribution in [2.45, 2.75) is 52.2 Å². The number of hydrogen-bond acceptors (Lipinski definition) is 3. The molecule has 0 fully saturated rings. The van der Waals surface area contributed by atoms with E-state index < -0.39 is 0 Å². The van der Waals surface area contributed by atoms with Crippen LogP contribution in [0, 0.1) is 0 Å². The molecule has 90 valence electrons. The smallest absolute Gasteiger partial charge is 0.234 e. The first kappa shape index (κ1) is 14.4. The Kier molecular flexibility index (Phi) is 8.33. The highest BCUT2D eigenvalue weighted by Gasteiger charge is 2.06. The molecule has 0 aromatic rings. The van der Waals surface area contributed by atoms with E-state index in [0.717, 1.165) is 12.8 Å². The van der Waals surface area contributed by atoms with Gasteiger partial charge in [-0.15, -0.1) is 0 Å². The fourth-order valence-corrected chi connectivity index (χ4v) is 1.33. The van der Waals surface area contributed by atoms with Crippen LogP contribution >= 0.6 is 0 Å². The van der Waals surface area contributed by atoms with Gasteiger partial charge in [-0.2, -0.15) is 0 Å². The molecular formula is C11H24N2O2. The summed E-state index contributed by atoms with van der Waals surface area (Å²) in [6.07, 6.45) is 2.43. The van der Waals surface area contributed by atoms with Crippen LogP contribution in [0.3, 0.4) is 0 Å². The van der Waals surface area contributed by atoms with Crippen LogP contribution < -0.4 is 10.6 Å². The van der Waals surface area contributed by atoms with E-state index >= 15 is 0 Å². The highest BCUT2D eigenvalue weighted by Crippen LogP contribution is 1.93. The zero-order valence-electron chi connectivity index (χ0n) is 10.0. The molecule has 4 heteroatoms. The normalized spacial score (nSPS) is 14.7. The molecular weight excluding hydrogens is 192 g/mol. The summed E-state index contributed by atoms with van der Waals surface area (Å²) in [5.74, 6) is -0.000692. The predicted molar refractivity (Wildman–Crippen MR) is 61.7 cm³/mol. The average Bonchev–Trinajstić information content (AvgIpc) is 2.17. The van der Waals surface area contributed by atoms with Crippen molar-refractivity contribution in [2.24, 2.45) is 0 Å². The first-order valence-corrected chi connectivity index (χ1v) is 5.78. The van der Waals surface area contributed by atoms with Crippen molar-refractivity contribution in [1.29, 1.82) is 0 Å². The summed E-state index contributed by atoms with van der Waals surface area (Å²) in [5, 5.41) is 15.1. The second kappa shape index (κ2) is 8.68. The molecule has 0 saturated carbocycles. The van der Waals surface area contributed by atoms with Gasteiger partial charge in [0.2, 0.25) is 5.91 Å². The summed E-state index contributed by atoms with van der Waals surface area (Å²) in [7, 11) is 0.